The minimum Gasteiger partial charge on any atom is -0.320 e. The highest BCUT2D eigenvalue weighted by Crippen LogP contribution is 2.08. The lowest BCUT2D eigenvalue weighted by Gasteiger charge is -2.16. The first-order chi connectivity index (χ1) is 6.38. The molecule has 1 aromatic heterocycles. The van der Waals surface area contributed by atoms with Crippen LogP contribution in [0.1, 0.15) is 11.7 Å². The Morgan fingerprint density at radius 2 is 2.08 bits per heavy atom. The van der Waals surface area contributed by atoms with Crippen molar-refractivity contribution in [3.63, 3.8) is 0 Å². The number of pyridine rings is 1. The molecule has 6 nitrogen and oxygen atoms in total. The van der Waals surface area contributed by atoms with Crippen molar-refractivity contribution in [1.82, 2.24) is 26.9 Å². The molecule has 0 radical (unpaired) electrons. The summed E-state index contributed by atoms with van der Waals surface area (Å²) in [5.74, 6) is 0. The van der Waals surface area contributed by atoms with E-state index in [1.807, 2.05) is 18.2 Å². The summed E-state index contributed by atoms with van der Waals surface area (Å²) >= 11 is 0. The smallest absolute Gasteiger partial charge is 0.107 e. The van der Waals surface area contributed by atoms with Gasteiger partial charge in [0.15, 0.2) is 0 Å². The van der Waals surface area contributed by atoms with E-state index in [1.165, 1.54) is 0 Å². The maximum Gasteiger partial charge on any atom is 0.107 e. The van der Waals surface area contributed by atoms with Gasteiger partial charge < -0.3 is 5.73 Å². The van der Waals surface area contributed by atoms with Crippen LogP contribution >= 0.6 is 0 Å². The van der Waals surface area contributed by atoms with Gasteiger partial charge in [0.05, 0.1) is 11.7 Å². The Balaban J connectivity index is 2.08. The first-order valence-electron chi connectivity index (χ1n) is 4.05. The fourth-order valence-electron chi connectivity index (χ4n) is 1.19. The highest BCUT2D eigenvalue weighted by atomic mass is 15.8. The van der Waals surface area contributed by atoms with E-state index in [0.717, 1.165) is 5.69 Å². The molecule has 1 aromatic rings. The average molecular weight is 180 g/mol. The van der Waals surface area contributed by atoms with Crippen LogP contribution < -0.4 is 27.7 Å². The number of nitrogens with zero attached hydrogens (tertiary/aromatic N) is 1. The van der Waals surface area contributed by atoms with Crippen LogP contribution in [0.4, 0.5) is 0 Å². The van der Waals surface area contributed by atoms with Crippen LogP contribution in [0.15, 0.2) is 24.4 Å². The van der Waals surface area contributed by atoms with E-state index in [-0.39, 0.29) is 12.2 Å². The molecule has 1 unspecified atom stereocenters. The van der Waals surface area contributed by atoms with Crippen molar-refractivity contribution >= 4 is 0 Å². The highest BCUT2D eigenvalue weighted by Gasteiger charge is 2.22. The summed E-state index contributed by atoms with van der Waals surface area (Å²) < 4.78 is 0. The number of rotatable bonds is 2. The molecule has 0 aliphatic carbocycles. The van der Waals surface area contributed by atoms with Crippen LogP contribution in [0, 0.1) is 0 Å². The molecule has 0 saturated carbocycles. The normalized spacial score (nSPS) is 20.4. The Bertz CT molecular complexity index is 257. The van der Waals surface area contributed by atoms with Crippen LogP contribution in [-0.2, 0) is 0 Å². The lowest BCUT2D eigenvalue weighted by molar-refractivity contribution is 0.433. The molecule has 13 heavy (non-hydrogen) atoms. The number of nitrogens with one attached hydrogen (secondary N) is 4. The van der Waals surface area contributed by atoms with Gasteiger partial charge in [0, 0.05) is 6.20 Å². The molecule has 0 amide bonds. The van der Waals surface area contributed by atoms with Gasteiger partial charge in [-0.15, -0.1) is 0 Å². The summed E-state index contributed by atoms with van der Waals surface area (Å²) in [7, 11) is 0. The van der Waals surface area contributed by atoms with E-state index >= 15 is 0 Å². The van der Waals surface area contributed by atoms with Gasteiger partial charge in [-0.3, -0.25) is 4.98 Å². The number of nitrogens with two attached hydrogens (primary N) is 1. The second kappa shape index (κ2) is 3.77. The van der Waals surface area contributed by atoms with Gasteiger partial charge in [-0.1, -0.05) is 6.07 Å². The van der Waals surface area contributed by atoms with Crippen molar-refractivity contribution in [2.45, 2.75) is 12.2 Å². The predicted octanol–water partition coefficient (Wildman–Crippen LogP) is -1.48. The molecule has 1 aliphatic heterocycles. The first kappa shape index (κ1) is 8.54. The van der Waals surface area contributed by atoms with Gasteiger partial charge in [0.25, 0.3) is 0 Å². The Kier molecular flexibility index (Phi) is 2.48. The van der Waals surface area contributed by atoms with E-state index in [2.05, 4.69) is 26.9 Å². The lowest BCUT2D eigenvalue weighted by atomic mass is 10.1. The molecule has 2 rings (SSSR count). The molecule has 6 N–H and O–H groups in total. The zero-order chi connectivity index (χ0) is 9.10. The summed E-state index contributed by atoms with van der Waals surface area (Å²) in [6, 6.07) is 5.48. The largest absolute Gasteiger partial charge is 0.320 e. The summed E-state index contributed by atoms with van der Waals surface area (Å²) in [6.07, 6.45) is 1.67. The lowest BCUT2D eigenvalue weighted by Crippen LogP contribution is -2.43. The molecule has 1 fully saturated rings. The van der Waals surface area contributed by atoms with Crippen LogP contribution in [-0.4, -0.2) is 11.1 Å². The molecule has 0 bridgehead atoms. The van der Waals surface area contributed by atoms with Gasteiger partial charge in [0.2, 0.25) is 0 Å². The minimum absolute atomic E-state index is 0.0603. The molecule has 1 aliphatic rings. The monoisotopic (exact) mass is 180 g/mol. The molecule has 0 aromatic carbocycles. The topological polar surface area (TPSA) is 87.0 Å². The molecule has 2 heterocycles. The molecule has 1 saturated heterocycles. The maximum absolute atomic E-state index is 5.93. The Morgan fingerprint density at radius 3 is 2.69 bits per heavy atom. The molecule has 70 valence electrons. The second-order valence-corrected chi connectivity index (χ2v) is 2.80. The summed E-state index contributed by atoms with van der Waals surface area (Å²) in [4.78, 5) is 4.16. The highest BCUT2D eigenvalue weighted by molar-refractivity contribution is 5.10. The fourth-order valence-corrected chi connectivity index (χ4v) is 1.19. The Morgan fingerprint density at radius 1 is 1.31 bits per heavy atom. The summed E-state index contributed by atoms with van der Waals surface area (Å²) in [6.45, 7) is 0. The van der Waals surface area contributed by atoms with E-state index in [4.69, 9.17) is 5.73 Å². The maximum atomic E-state index is 5.93. The van der Waals surface area contributed by atoms with Gasteiger partial charge in [-0.2, -0.15) is 11.1 Å². The zero-order valence-electron chi connectivity index (χ0n) is 6.99. The standard InChI is InChI=1S/C7H12N6/c8-6(7-10-12-13-11-7)5-3-1-2-4-9-5/h1-4,6-7,10-13H,8H2. The van der Waals surface area contributed by atoms with E-state index < -0.39 is 0 Å². The Labute approximate surface area is 75.8 Å². The van der Waals surface area contributed by atoms with Crippen molar-refractivity contribution < 1.29 is 0 Å². The SMILES string of the molecule is NC(c1ccccn1)C1NNNN1. The molecular weight excluding hydrogens is 168 g/mol. The number of hydrazine groups is 3. The molecule has 1 atom stereocenters. The third-order valence-corrected chi connectivity index (χ3v) is 1.91. The van der Waals surface area contributed by atoms with Gasteiger partial charge in [0.1, 0.15) is 6.17 Å². The number of hydrogen-bond acceptors (Lipinski definition) is 6. The zero-order valence-corrected chi connectivity index (χ0v) is 6.99. The quantitative estimate of drug-likeness (QED) is 0.382. The molecular formula is C7H12N6. The van der Waals surface area contributed by atoms with Crippen LogP contribution in [0.5, 0.6) is 0 Å². The average Bonchev–Trinajstić information content (AvgIpc) is 2.71. The predicted molar refractivity (Wildman–Crippen MR) is 47.5 cm³/mol. The van der Waals surface area contributed by atoms with Crippen molar-refractivity contribution in [3.05, 3.63) is 30.1 Å². The van der Waals surface area contributed by atoms with Crippen molar-refractivity contribution in [2.75, 3.05) is 0 Å². The second-order valence-electron chi connectivity index (χ2n) is 2.80. The third-order valence-electron chi connectivity index (χ3n) is 1.91. The van der Waals surface area contributed by atoms with Gasteiger partial charge >= 0.3 is 0 Å². The third kappa shape index (κ3) is 1.82. The van der Waals surface area contributed by atoms with Gasteiger partial charge in [-0.05, 0) is 12.1 Å². The van der Waals surface area contributed by atoms with E-state index in [9.17, 15) is 0 Å². The minimum atomic E-state index is -0.191. The van der Waals surface area contributed by atoms with Crippen molar-refractivity contribution in [2.24, 2.45) is 5.73 Å². The molecule has 6 heteroatoms. The summed E-state index contributed by atoms with van der Waals surface area (Å²) in [5, 5.41) is 0. The van der Waals surface area contributed by atoms with Crippen molar-refractivity contribution in [3.8, 4) is 0 Å². The Hall–Kier alpha value is -1.05. The molecule has 0 spiro atoms. The van der Waals surface area contributed by atoms with E-state index in [1.54, 1.807) is 6.20 Å². The number of aromatic nitrogens is 1. The van der Waals surface area contributed by atoms with Crippen LogP contribution in [0.25, 0.3) is 0 Å². The van der Waals surface area contributed by atoms with Crippen LogP contribution in [0.3, 0.4) is 0 Å². The first-order valence-corrected chi connectivity index (χ1v) is 4.05. The fraction of sp³-hybridized carbons (Fsp3) is 0.286. The van der Waals surface area contributed by atoms with Crippen LogP contribution in [0.2, 0.25) is 0 Å². The summed E-state index contributed by atoms with van der Waals surface area (Å²) in [5.41, 5.74) is 18.0. The van der Waals surface area contributed by atoms with E-state index in [0.29, 0.717) is 0 Å². The van der Waals surface area contributed by atoms with Gasteiger partial charge in [-0.25, -0.2) is 10.9 Å². The van der Waals surface area contributed by atoms with Crippen molar-refractivity contribution in [1.29, 1.82) is 0 Å². The number of hydrogen-bond donors (Lipinski definition) is 5.